The van der Waals surface area contributed by atoms with Gasteiger partial charge < -0.3 is 10.1 Å². The zero-order valence-corrected chi connectivity index (χ0v) is 19.3. The Morgan fingerprint density at radius 2 is 1.88 bits per heavy atom. The third kappa shape index (κ3) is 5.28. The highest BCUT2D eigenvalue weighted by Gasteiger charge is 2.57. The topological polar surface area (TPSA) is 97.0 Å². The van der Waals surface area contributed by atoms with Gasteiger partial charge in [0.15, 0.2) is 5.82 Å². The van der Waals surface area contributed by atoms with Crippen molar-refractivity contribution < 1.29 is 22.7 Å². The lowest BCUT2D eigenvalue weighted by Gasteiger charge is -2.29. The van der Waals surface area contributed by atoms with Gasteiger partial charge in [-0.25, -0.2) is 9.78 Å². The van der Waals surface area contributed by atoms with Crippen LogP contribution in [0, 0.1) is 0 Å². The summed E-state index contributed by atoms with van der Waals surface area (Å²) in [5.41, 5.74) is -1.19. The number of hydrogen-bond acceptors (Lipinski definition) is 5. The molecule has 1 atom stereocenters. The predicted octanol–water partition coefficient (Wildman–Crippen LogP) is 4.30. The molecule has 0 spiro atoms. The van der Waals surface area contributed by atoms with Crippen LogP contribution >= 0.6 is 11.6 Å². The highest BCUT2D eigenvalue weighted by atomic mass is 35.5. The normalized spacial score (nSPS) is 13.4. The molecule has 3 rings (SSSR count). The SMILES string of the molecule is CCc1cccc(-c2nc(-c3cc(CNC(=O)C(C)(OC)C(F)(F)F)ccc3Cl)[nH]c(=O)n2)c1. The van der Waals surface area contributed by atoms with Crippen molar-refractivity contribution in [3.63, 3.8) is 0 Å². The van der Waals surface area contributed by atoms with Crippen LogP contribution in [0.25, 0.3) is 22.8 Å². The number of carbonyl (C=O) groups is 1. The first-order chi connectivity index (χ1) is 16.0. The van der Waals surface area contributed by atoms with Crippen LogP contribution in [0.2, 0.25) is 5.02 Å². The van der Waals surface area contributed by atoms with Gasteiger partial charge in [0.1, 0.15) is 5.82 Å². The van der Waals surface area contributed by atoms with Crippen LogP contribution in [0.3, 0.4) is 0 Å². The van der Waals surface area contributed by atoms with E-state index in [2.05, 4.69) is 25.0 Å². The van der Waals surface area contributed by atoms with Crippen LogP contribution < -0.4 is 11.0 Å². The van der Waals surface area contributed by atoms with E-state index in [9.17, 15) is 22.8 Å². The highest BCUT2D eigenvalue weighted by Crippen LogP contribution is 2.33. The molecule has 0 aliphatic heterocycles. The minimum Gasteiger partial charge on any atom is -0.361 e. The Morgan fingerprint density at radius 3 is 2.53 bits per heavy atom. The molecule has 7 nitrogen and oxygen atoms in total. The largest absolute Gasteiger partial charge is 0.426 e. The van der Waals surface area contributed by atoms with Crippen molar-refractivity contribution in [2.75, 3.05) is 7.11 Å². The van der Waals surface area contributed by atoms with Crippen LogP contribution in [0.15, 0.2) is 47.3 Å². The number of carbonyl (C=O) groups excluding carboxylic acids is 1. The van der Waals surface area contributed by atoms with Gasteiger partial charge in [-0.3, -0.25) is 9.78 Å². The fourth-order valence-corrected chi connectivity index (χ4v) is 3.33. The van der Waals surface area contributed by atoms with Crippen molar-refractivity contribution >= 4 is 17.5 Å². The number of aromatic nitrogens is 3. The van der Waals surface area contributed by atoms with E-state index in [-0.39, 0.29) is 23.2 Å². The number of hydrogen-bond donors (Lipinski definition) is 2. The van der Waals surface area contributed by atoms with Crippen LogP contribution in [0.4, 0.5) is 13.2 Å². The summed E-state index contributed by atoms with van der Waals surface area (Å²) in [5.74, 6) is -1.01. The van der Waals surface area contributed by atoms with Gasteiger partial charge in [-0.05, 0) is 42.7 Å². The van der Waals surface area contributed by atoms with Crippen LogP contribution in [0.5, 0.6) is 0 Å². The number of H-pyrrole nitrogens is 1. The van der Waals surface area contributed by atoms with E-state index in [1.54, 1.807) is 6.07 Å². The Kier molecular flexibility index (Phi) is 7.42. The Labute approximate surface area is 198 Å². The van der Waals surface area contributed by atoms with E-state index < -0.39 is 23.4 Å². The Hall–Kier alpha value is -3.24. The van der Waals surface area contributed by atoms with Crippen molar-refractivity contribution in [2.24, 2.45) is 0 Å². The summed E-state index contributed by atoms with van der Waals surface area (Å²) in [6.45, 7) is 2.41. The third-order valence-corrected chi connectivity index (χ3v) is 5.69. The van der Waals surface area contributed by atoms with Gasteiger partial charge >= 0.3 is 11.9 Å². The summed E-state index contributed by atoms with van der Waals surface area (Å²) in [7, 11) is 0.812. The van der Waals surface area contributed by atoms with E-state index in [4.69, 9.17) is 11.6 Å². The number of rotatable bonds is 7. The average Bonchev–Trinajstić information content (AvgIpc) is 2.81. The second-order valence-corrected chi connectivity index (χ2v) is 8.02. The molecule has 1 unspecified atom stereocenters. The number of halogens is 4. The Morgan fingerprint density at radius 1 is 1.15 bits per heavy atom. The molecule has 1 heterocycles. The van der Waals surface area contributed by atoms with Crippen LogP contribution in [-0.2, 0) is 22.5 Å². The zero-order valence-electron chi connectivity index (χ0n) is 18.6. The zero-order chi connectivity index (χ0) is 25.1. The van der Waals surface area contributed by atoms with Gasteiger partial charge in [-0.2, -0.15) is 18.2 Å². The number of ether oxygens (including phenoxy) is 1. The lowest BCUT2D eigenvalue weighted by atomic mass is 10.0. The van der Waals surface area contributed by atoms with Gasteiger partial charge in [0.05, 0.1) is 5.02 Å². The van der Waals surface area contributed by atoms with Crippen molar-refractivity contribution in [3.8, 4) is 22.8 Å². The molecule has 0 radical (unpaired) electrons. The number of nitrogens with one attached hydrogen (secondary N) is 2. The first kappa shape index (κ1) is 25.4. The number of amides is 1. The summed E-state index contributed by atoms with van der Waals surface area (Å²) in [6, 6.07) is 12.0. The molecule has 34 heavy (non-hydrogen) atoms. The second kappa shape index (κ2) is 9.94. The molecule has 0 saturated carbocycles. The highest BCUT2D eigenvalue weighted by molar-refractivity contribution is 6.33. The first-order valence-corrected chi connectivity index (χ1v) is 10.6. The monoisotopic (exact) mass is 494 g/mol. The van der Waals surface area contributed by atoms with Gasteiger partial charge in [-0.15, -0.1) is 0 Å². The maximum absolute atomic E-state index is 13.2. The van der Waals surface area contributed by atoms with E-state index in [1.807, 2.05) is 25.1 Å². The number of methoxy groups -OCH3 is 1. The lowest BCUT2D eigenvalue weighted by Crippen LogP contribution is -2.55. The molecule has 180 valence electrons. The van der Waals surface area contributed by atoms with Gasteiger partial charge in [0.25, 0.3) is 5.91 Å². The van der Waals surface area contributed by atoms with Gasteiger partial charge in [0, 0.05) is 24.8 Å². The lowest BCUT2D eigenvalue weighted by molar-refractivity contribution is -0.253. The second-order valence-electron chi connectivity index (χ2n) is 7.61. The Balaban J connectivity index is 1.92. The summed E-state index contributed by atoms with van der Waals surface area (Å²) < 4.78 is 44.1. The summed E-state index contributed by atoms with van der Waals surface area (Å²) >= 11 is 6.31. The number of alkyl halides is 3. The van der Waals surface area contributed by atoms with E-state index in [0.717, 1.165) is 19.1 Å². The van der Waals surface area contributed by atoms with Gasteiger partial charge in [0.2, 0.25) is 5.60 Å². The fraction of sp³-hybridized carbons (Fsp3) is 0.304. The molecule has 2 aromatic carbocycles. The van der Waals surface area contributed by atoms with Gasteiger partial charge in [-0.1, -0.05) is 42.8 Å². The predicted molar refractivity (Wildman–Crippen MR) is 121 cm³/mol. The van der Waals surface area contributed by atoms with E-state index in [0.29, 0.717) is 23.6 Å². The van der Waals surface area contributed by atoms with Crippen LogP contribution in [0.1, 0.15) is 25.0 Å². The molecule has 1 aromatic heterocycles. The molecule has 3 aromatic rings. The number of aryl methyl sites for hydroxylation is 1. The number of benzene rings is 2. The minimum atomic E-state index is -4.90. The molecular formula is C23H22ClF3N4O3. The van der Waals surface area contributed by atoms with Crippen molar-refractivity contribution in [3.05, 3.63) is 69.1 Å². The first-order valence-electron chi connectivity index (χ1n) is 10.2. The standard InChI is InChI=1S/C23H22ClF3N4O3/c1-4-13-6-5-7-15(10-13)18-29-19(31-21(33)30-18)16-11-14(8-9-17(16)24)12-28-20(32)22(2,34-3)23(25,26)27/h5-11H,4,12H2,1-3H3,(H,28,32)(H,29,30,31,33). The van der Waals surface area contributed by atoms with Crippen molar-refractivity contribution in [1.82, 2.24) is 20.3 Å². The molecule has 0 aliphatic carbocycles. The molecule has 0 fully saturated rings. The average molecular weight is 495 g/mol. The summed E-state index contributed by atoms with van der Waals surface area (Å²) in [6.07, 6.45) is -4.11. The number of nitrogens with zero attached hydrogens (tertiary/aromatic N) is 2. The maximum atomic E-state index is 13.2. The molecule has 0 bridgehead atoms. The van der Waals surface area contributed by atoms with Crippen LogP contribution in [-0.4, -0.2) is 39.7 Å². The minimum absolute atomic E-state index is 0.132. The van der Waals surface area contributed by atoms with Crippen molar-refractivity contribution in [1.29, 1.82) is 0 Å². The fourth-order valence-electron chi connectivity index (χ4n) is 3.12. The molecule has 0 saturated heterocycles. The van der Waals surface area contributed by atoms with E-state index >= 15 is 0 Å². The third-order valence-electron chi connectivity index (χ3n) is 5.37. The number of aromatic amines is 1. The molecule has 0 aliphatic rings. The van der Waals surface area contributed by atoms with Crippen molar-refractivity contribution in [2.45, 2.75) is 38.6 Å². The molecular weight excluding hydrogens is 473 g/mol. The molecule has 2 N–H and O–H groups in total. The summed E-state index contributed by atoms with van der Waals surface area (Å²) in [5, 5.41) is 2.47. The molecule has 1 amide bonds. The maximum Gasteiger partial charge on any atom is 0.426 e. The quantitative estimate of drug-likeness (QED) is 0.510. The Bertz CT molecular complexity index is 1260. The smallest absolute Gasteiger partial charge is 0.361 e. The summed E-state index contributed by atoms with van der Waals surface area (Å²) in [4.78, 5) is 35.3. The van der Waals surface area contributed by atoms with E-state index in [1.165, 1.54) is 18.2 Å². The molecule has 11 heteroatoms.